The summed E-state index contributed by atoms with van der Waals surface area (Å²) in [6.07, 6.45) is 99.0. The van der Waals surface area contributed by atoms with Crippen molar-refractivity contribution in [2.24, 2.45) is 0 Å². The second-order valence-electron chi connectivity index (χ2n) is 22.7. The lowest BCUT2D eigenvalue weighted by Crippen LogP contribution is -2.30. The normalized spacial score (nSPS) is 13.0. The van der Waals surface area contributed by atoms with Crippen molar-refractivity contribution >= 4 is 17.9 Å². The van der Waals surface area contributed by atoms with Gasteiger partial charge in [-0.25, -0.2) is 0 Å². The fourth-order valence-electron chi connectivity index (χ4n) is 9.43. The quantitative estimate of drug-likeness (QED) is 0.0261. The van der Waals surface area contributed by atoms with Crippen molar-refractivity contribution < 1.29 is 28.6 Å². The van der Waals surface area contributed by atoms with Crippen LogP contribution < -0.4 is 0 Å². The van der Waals surface area contributed by atoms with Crippen molar-refractivity contribution in [2.75, 3.05) is 13.2 Å². The SMILES string of the molecule is CC/C=C\C/C=C\C/C=C\C/C=C\C/C=C\C/C=C\CCCCCCCCCCCCCCCCC(=O)OCC(COC(=O)CCCCCCC/C=C\C/C=C\CCC)OC(=O)CCCCCCCC/C=C\C/C=C\C/C=C\CCCCC. The van der Waals surface area contributed by atoms with E-state index < -0.39 is 6.10 Å². The average Bonchev–Trinajstić information content (AvgIpc) is 3.49. The van der Waals surface area contributed by atoms with E-state index in [-0.39, 0.29) is 31.1 Å². The van der Waals surface area contributed by atoms with E-state index in [4.69, 9.17) is 14.2 Å². The van der Waals surface area contributed by atoms with Crippen LogP contribution in [0.5, 0.6) is 0 Å². The second-order valence-corrected chi connectivity index (χ2v) is 22.7. The van der Waals surface area contributed by atoms with E-state index in [2.05, 4.69) is 154 Å². The number of carbonyl (C=O) groups excluding carboxylic acids is 3. The number of hydrogen-bond donors (Lipinski definition) is 0. The Bertz CT molecular complexity index is 1750. The molecule has 0 aromatic carbocycles. The molecule has 0 saturated carbocycles. The van der Waals surface area contributed by atoms with Crippen LogP contribution in [0.4, 0.5) is 0 Å². The van der Waals surface area contributed by atoms with Crippen LogP contribution in [0.25, 0.3) is 0 Å². The van der Waals surface area contributed by atoms with Crippen LogP contribution >= 0.6 is 0 Å². The van der Waals surface area contributed by atoms with Crippen LogP contribution in [0.3, 0.4) is 0 Å². The minimum Gasteiger partial charge on any atom is -0.462 e. The molecule has 0 N–H and O–H groups in total. The molecule has 0 fully saturated rings. The zero-order chi connectivity index (χ0) is 59.9. The molecule has 0 radical (unpaired) electrons. The molecule has 1 atom stereocenters. The average molecular weight is 1150 g/mol. The van der Waals surface area contributed by atoms with Crippen LogP contribution in [0, 0.1) is 0 Å². The zero-order valence-corrected chi connectivity index (χ0v) is 54.2. The van der Waals surface area contributed by atoms with Gasteiger partial charge in [0.1, 0.15) is 13.2 Å². The van der Waals surface area contributed by atoms with E-state index in [0.717, 1.165) is 154 Å². The maximum absolute atomic E-state index is 12.9. The summed E-state index contributed by atoms with van der Waals surface area (Å²) >= 11 is 0. The smallest absolute Gasteiger partial charge is 0.306 e. The first-order valence-electron chi connectivity index (χ1n) is 34.7. The van der Waals surface area contributed by atoms with Gasteiger partial charge in [0.15, 0.2) is 6.10 Å². The first-order chi connectivity index (χ1) is 41.0. The highest BCUT2D eigenvalue weighted by atomic mass is 16.6. The third kappa shape index (κ3) is 68.2. The van der Waals surface area contributed by atoms with Crippen molar-refractivity contribution in [1.82, 2.24) is 0 Å². The Morgan fingerprint density at radius 2 is 0.494 bits per heavy atom. The molecule has 0 heterocycles. The van der Waals surface area contributed by atoms with Crippen molar-refractivity contribution in [3.8, 4) is 0 Å². The van der Waals surface area contributed by atoms with Crippen molar-refractivity contribution in [3.63, 3.8) is 0 Å². The fraction of sp³-hybridized carbons (Fsp3) is 0.675. The first kappa shape index (κ1) is 78.5. The third-order valence-corrected chi connectivity index (χ3v) is 14.6. The molecule has 472 valence electrons. The second kappa shape index (κ2) is 70.0. The van der Waals surface area contributed by atoms with Gasteiger partial charge in [0.05, 0.1) is 0 Å². The minimum absolute atomic E-state index is 0.0896. The lowest BCUT2D eigenvalue weighted by atomic mass is 10.0. The van der Waals surface area contributed by atoms with Gasteiger partial charge in [-0.2, -0.15) is 0 Å². The Hall–Kier alpha value is -4.45. The van der Waals surface area contributed by atoms with Gasteiger partial charge in [-0.3, -0.25) is 14.4 Å². The summed E-state index contributed by atoms with van der Waals surface area (Å²) in [4.78, 5) is 38.4. The van der Waals surface area contributed by atoms with Gasteiger partial charge in [-0.05, 0) is 135 Å². The van der Waals surface area contributed by atoms with Crippen LogP contribution in [0.15, 0.2) is 134 Å². The Morgan fingerprint density at radius 3 is 0.783 bits per heavy atom. The number of esters is 3. The van der Waals surface area contributed by atoms with Gasteiger partial charge < -0.3 is 14.2 Å². The Kier molecular flexibility index (Phi) is 66.3. The monoisotopic (exact) mass is 1150 g/mol. The summed E-state index contributed by atoms with van der Waals surface area (Å²) in [5, 5.41) is 0. The maximum atomic E-state index is 12.9. The lowest BCUT2D eigenvalue weighted by Gasteiger charge is -2.18. The Labute approximate surface area is 513 Å². The molecule has 0 saturated heterocycles. The van der Waals surface area contributed by atoms with E-state index in [1.54, 1.807) is 0 Å². The third-order valence-electron chi connectivity index (χ3n) is 14.6. The molecule has 0 aliphatic carbocycles. The highest BCUT2D eigenvalue weighted by Gasteiger charge is 2.19. The molecule has 6 nitrogen and oxygen atoms in total. The van der Waals surface area contributed by atoms with Gasteiger partial charge in [0, 0.05) is 19.3 Å². The standard InChI is InChI=1S/C77H128O6/c1-4-7-10-13-16-19-22-25-27-29-31-32-33-34-35-36-37-38-39-40-41-42-43-44-46-47-49-52-55-58-61-64-67-70-76(79)82-73-74(72-81-75(78)69-66-63-60-57-54-51-24-21-18-15-12-9-6-3)83-77(80)71-68-65-62-59-56-53-50-48-45-30-28-26-23-20-17-14-11-8-5-2/h7,10,12,15-17,19-21,24-28,31-32,34-35,37-38,45,48,74H,4-6,8-9,11,13-14,18,22-23,29-30,33,36,39-44,46-47,49-73H2,1-3H3/b10-7-,15-12-,19-16-,20-17-,24-21-,27-25-,28-26-,32-31-,35-34-,38-37-,48-45-. The first-order valence-corrected chi connectivity index (χ1v) is 34.7. The van der Waals surface area contributed by atoms with E-state index in [1.165, 1.54) is 122 Å². The van der Waals surface area contributed by atoms with Crippen LogP contribution in [-0.4, -0.2) is 37.2 Å². The van der Waals surface area contributed by atoms with Crippen LogP contribution in [-0.2, 0) is 28.6 Å². The number of unbranched alkanes of at least 4 members (excludes halogenated alkanes) is 29. The molecule has 0 aliphatic rings. The number of carbonyl (C=O) groups is 3. The van der Waals surface area contributed by atoms with Gasteiger partial charge >= 0.3 is 17.9 Å². The fourth-order valence-corrected chi connectivity index (χ4v) is 9.43. The molecule has 0 aromatic rings. The molecule has 0 aliphatic heterocycles. The molecule has 0 bridgehead atoms. The minimum atomic E-state index is -0.795. The van der Waals surface area contributed by atoms with Gasteiger partial charge in [0.2, 0.25) is 0 Å². The predicted octanol–water partition coefficient (Wildman–Crippen LogP) is 24.1. The molecule has 0 aromatic heterocycles. The molecule has 6 heteroatoms. The topological polar surface area (TPSA) is 78.9 Å². The summed E-state index contributed by atoms with van der Waals surface area (Å²) in [6, 6.07) is 0. The van der Waals surface area contributed by atoms with Crippen molar-refractivity contribution in [1.29, 1.82) is 0 Å². The number of ether oxygens (including phenoxy) is 3. The van der Waals surface area contributed by atoms with E-state index >= 15 is 0 Å². The molecule has 0 amide bonds. The van der Waals surface area contributed by atoms with Crippen LogP contribution in [0.2, 0.25) is 0 Å². The van der Waals surface area contributed by atoms with Gasteiger partial charge in [0.25, 0.3) is 0 Å². The summed E-state index contributed by atoms with van der Waals surface area (Å²) < 4.78 is 16.9. The van der Waals surface area contributed by atoms with E-state index in [1.807, 2.05) is 0 Å². The van der Waals surface area contributed by atoms with Gasteiger partial charge in [-0.15, -0.1) is 0 Å². The maximum Gasteiger partial charge on any atom is 0.306 e. The lowest BCUT2D eigenvalue weighted by molar-refractivity contribution is -0.167. The highest BCUT2D eigenvalue weighted by Crippen LogP contribution is 2.16. The molecular formula is C77H128O6. The summed E-state index contributed by atoms with van der Waals surface area (Å²) in [5.41, 5.74) is 0. The Morgan fingerprint density at radius 1 is 0.253 bits per heavy atom. The highest BCUT2D eigenvalue weighted by molar-refractivity contribution is 5.71. The number of allylic oxidation sites excluding steroid dienone is 22. The van der Waals surface area contributed by atoms with E-state index in [0.29, 0.717) is 19.3 Å². The summed E-state index contributed by atoms with van der Waals surface area (Å²) in [7, 11) is 0. The zero-order valence-electron chi connectivity index (χ0n) is 54.2. The number of rotatable bonds is 62. The van der Waals surface area contributed by atoms with Crippen molar-refractivity contribution in [2.45, 2.75) is 322 Å². The molecule has 0 rings (SSSR count). The predicted molar refractivity (Wildman–Crippen MR) is 362 cm³/mol. The number of hydrogen-bond acceptors (Lipinski definition) is 6. The largest absolute Gasteiger partial charge is 0.462 e. The molecule has 0 spiro atoms. The van der Waals surface area contributed by atoms with Crippen LogP contribution in [0.1, 0.15) is 316 Å². The Balaban J connectivity index is 4.25. The molecule has 1 unspecified atom stereocenters. The molecular weight excluding hydrogens is 1020 g/mol. The van der Waals surface area contributed by atoms with Gasteiger partial charge in [-0.1, -0.05) is 296 Å². The van der Waals surface area contributed by atoms with E-state index in [9.17, 15) is 14.4 Å². The summed E-state index contributed by atoms with van der Waals surface area (Å²) in [6.45, 7) is 6.43. The van der Waals surface area contributed by atoms with Crippen molar-refractivity contribution in [3.05, 3.63) is 134 Å². The molecule has 83 heavy (non-hydrogen) atoms. The summed E-state index contributed by atoms with van der Waals surface area (Å²) in [5.74, 6) is -0.911.